The Morgan fingerprint density at radius 3 is 2.36 bits per heavy atom. The molecule has 2 rings (SSSR count). The zero-order valence-corrected chi connectivity index (χ0v) is 15.4. The number of ether oxygens (including phenoxy) is 1. The first-order valence-electron chi connectivity index (χ1n) is 6.13. The third-order valence-electron chi connectivity index (χ3n) is 2.71. The van der Waals surface area contributed by atoms with Gasteiger partial charge in [-0.05, 0) is 73.8 Å². The van der Waals surface area contributed by atoms with Crippen molar-refractivity contribution in [3.05, 3.63) is 61.5 Å². The molecule has 2 aromatic carbocycles. The summed E-state index contributed by atoms with van der Waals surface area (Å²) in [5, 5.41) is 4.51. The normalized spacial score (nSPS) is 10.7. The molecule has 0 aliphatic heterocycles. The van der Waals surface area contributed by atoms with Crippen LogP contribution < -0.4 is 10.2 Å². The molecule has 1 N–H and O–H groups in total. The second kappa shape index (κ2) is 7.76. The van der Waals surface area contributed by atoms with Gasteiger partial charge in [0.2, 0.25) is 0 Å². The van der Waals surface area contributed by atoms with Crippen LogP contribution in [-0.4, -0.2) is 19.2 Å². The molecule has 2 aromatic rings. The number of benzene rings is 2. The van der Waals surface area contributed by atoms with Gasteiger partial charge in [-0.1, -0.05) is 11.6 Å². The second-order valence-electron chi connectivity index (χ2n) is 4.22. The Bertz CT molecular complexity index is 695. The van der Waals surface area contributed by atoms with Gasteiger partial charge in [0.15, 0.2) is 0 Å². The topological polar surface area (TPSA) is 50.7 Å². The zero-order valence-electron chi connectivity index (χ0n) is 11.4. The van der Waals surface area contributed by atoms with Gasteiger partial charge in [0.1, 0.15) is 5.75 Å². The highest BCUT2D eigenvalue weighted by atomic mass is 79.9. The fraction of sp³-hybridized carbons (Fsp3) is 0.0667. The number of carbonyl (C=O) groups excluding carboxylic acids is 1. The maximum atomic E-state index is 11.9. The van der Waals surface area contributed by atoms with Crippen LogP contribution in [0.1, 0.15) is 15.9 Å². The van der Waals surface area contributed by atoms with Crippen molar-refractivity contribution in [3.63, 3.8) is 0 Å². The first-order chi connectivity index (χ1) is 10.5. The number of halogens is 3. The zero-order chi connectivity index (χ0) is 16.1. The Balaban J connectivity index is 2.06. The van der Waals surface area contributed by atoms with Crippen molar-refractivity contribution in [2.24, 2.45) is 5.10 Å². The lowest BCUT2D eigenvalue weighted by Crippen LogP contribution is -2.17. The van der Waals surface area contributed by atoms with Crippen LogP contribution in [0.4, 0.5) is 0 Å². The van der Waals surface area contributed by atoms with E-state index in [2.05, 4.69) is 42.4 Å². The molecule has 0 saturated heterocycles. The van der Waals surface area contributed by atoms with Crippen molar-refractivity contribution in [1.82, 2.24) is 5.43 Å². The predicted molar refractivity (Wildman–Crippen MR) is 94.9 cm³/mol. The molecule has 0 unspecified atom stereocenters. The standard InChI is InChI=1S/C15H11Br2ClN2O2/c1-22-14-12(16)6-9(7-13(14)17)8-19-20-15(21)10-2-4-11(18)5-3-10/h2-8H,1H3,(H,20,21). The molecule has 4 nitrogen and oxygen atoms in total. The predicted octanol–water partition coefficient (Wildman–Crippen LogP) is 4.64. The maximum Gasteiger partial charge on any atom is 0.271 e. The quantitative estimate of drug-likeness (QED) is 0.550. The molecule has 0 heterocycles. The molecule has 0 radical (unpaired) electrons. The number of methoxy groups -OCH3 is 1. The van der Waals surface area contributed by atoms with Gasteiger partial charge in [-0.2, -0.15) is 5.10 Å². The summed E-state index contributed by atoms with van der Waals surface area (Å²) in [6.45, 7) is 0. The van der Waals surface area contributed by atoms with Crippen LogP contribution in [0.5, 0.6) is 5.75 Å². The summed E-state index contributed by atoms with van der Waals surface area (Å²) in [6.07, 6.45) is 1.54. The average Bonchev–Trinajstić information content (AvgIpc) is 2.47. The smallest absolute Gasteiger partial charge is 0.271 e. The van der Waals surface area contributed by atoms with Gasteiger partial charge in [0, 0.05) is 10.6 Å². The molecule has 1 amide bonds. The van der Waals surface area contributed by atoms with E-state index >= 15 is 0 Å². The highest BCUT2D eigenvalue weighted by Crippen LogP contribution is 2.33. The minimum Gasteiger partial charge on any atom is -0.494 e. The van der Waals surface area contributed by atoms with Crippen molar-refractivity contribution in [3.8, 4) is 5.75 Å². The summed E-state index contributed by atoms with van der Waals surface area (Å²) >= 11 is 12.6. The average molecular weight is 447 g/mol. The van der Waals surface area contributed by atoms with Crippen molar-refractivity contribution < 1.29 is 9.53 Å². The SMILES string of the molecule is COc1c(Br)cc(C=NNC(=O)c2ccc(Cl)cc2)cc1Br. The van der Waals surface area contributed by atoms with E-state index in [9.17, 15) is 4.79 Å². The van der Waals surface area contributed by atoms with E-state index in [0.29, 0.717) is 16.3 Å². The first kappa shape index (κ1) is 17.0. The molecule has 0 bridgehead atoms. The molecule has 0 atom stereocenters. The number of hydrazone groups is 1. The highest BCUT2D eigenvalue weighted by Gasteiger charge is 2.07. The van der Waals surface area contributed by atoms with Gasteiger partial charge < -0.3 is 4.74 Å². The summed E-state index contributed by atoms with van der Waals surface area (Å²) in [5.74, 6) is 0.391. The number of carbonyl (C=O) groups is 1. The number of hydrogen-bond acceptors (Lipinski definition) is 3. The summed E-state index contributed by atoms with van der Waals surface area (Å²) in [6, 6.07) is 10.2. The summed E-state index contributed by atoms with van der Waals surface area (Å²) in [5.41, 5.74) is 3.75. The van der Waals surface area contributed by atoms with Crippen LogP contribution in [0.25, 0.3) is 0 Å². The van der Waals surface area contributed by atoms with Crippen molar-refractivity contribution in [2.75, 3.05) is 7.11 Å². The molecular formula is C15H11Br2ClN2O2. The van der Waals surface area contributed by atoms with E-state index in [1.165, 1.54) is 0 Å². The van der Waals surface area contributed by atoms with Gasteiger partial charge in [-0.15, -0.1) is 0 Å². The van der Waals surface area contributed by atoms with Crippen LogP contribution in [0.3, 0.4) is 0 Å². The van der Waals surface area contributed by atoms with E-state index in [4.69, 9.17) is 16.3 Å². The Kier molecular flexibility index (Phi) is 5.99. The Hall–Kier alpha value is -1.37. The Labute approximate surface area is 149 Å². The third-order valence-corrected chi connectivity index (χ3v) is 4.14. The van der Waals surface area contributed by atoms with Gasteiger partial charge in [-0.3, -0.25) is 4.79 Å². The van der Waals surface area contributed by atoms with Gasteiger partial charge in [0.05, 0.1) is 22.3 Å². The fourth-order valence-corrected chi connectivity index (χ4v) is 3.35. The fourth-order valence-electron chi connectivity index (χ4n) is 1.68. The van der Waals surface area contributed by atoms with E-state index in [1.807, 2.05) is 12.1 Å². The minimum atomic E-state index is -0.306. The van der Waals surface area contributed by atoms with Crippen molar-refractivity contribution in [1.29, 1.82) is 0 Å². The van der Waals surface area contributed by atoms with Gasteiger partial charge in [0.25, 0.3) is 5.91 Å². The molecule has 114 valence electrons. The molecule has 0 saturated carbocycles. The van der Waals surface area contributed by atoms with Crippen LogP contribution in [0.2, 0.25) is 5.02 Å². The van der Waals surface area contributed by atoms with Crippen LogP contribution in [0, 0.1) is 0 Å². The van der Waals surface area contributed by atoms with Crippen LogP contribution in [-0.2, 0) is 0 Å². The number of hydrogen-bond donors (Lipinski definition) is 1. The van der Waals surface area contributed by atoms with Crippen LogP contribution >= 0.6 is 43.5 Å². The van der Waals surface area contributed by atoms with Crippen molar-refractivity contribution >= 4 is 55.6 Å². The van der Waals surface area contributed by atoms with Crippen LogP contribution in [0.15, 0.2) is 50.4 Å². The second-order valence-corrected chi connectivity index (χ2v) is 6.37. The lowest BCUT2D eigenvalue weighted by molar-refractivity contribution is 0.0955. The van der Waals surface area contributed by atoms with E-state index in [0.717, 1.165) is 14.5 Å². The van der Waals surface area contributed by atoms with Gasteiger partial charge in [-0.25, -0.2) is 5.43 Å². The van der Waals surface area contributed by atoms with E-state index < -0.39 is 0 Å². The molecule has 7 heteroatoms. The van der Waals surface area contributed by atoms with E-state index in [-0.39, 0.29) is 5.91 Å². The maximum absolute atomic E-state index is 11.9. The highest BCUT2D eigenvalue weighted by molar-refractivity contribution is 9.11. The summed E-state index contributed by atoms with van der Waals surface area (Å²) in [7, 11) is 1.59. The number of nitrogens with one attached hydrogen (secondary N) is 1. The Morgan fingerprint density at radius 1 is 1.23 bits per heavy atom. The molecular weight excluding hydrogens is 435 g/mol. The molecule has 0 aliphatic carbocycles. The number of rotatable bonds is 4. The third kappa shape index (κ3) is 4.32. The van der Waals surface area contributed by atoms with Crippen molar-refractivity contribution in [2.45, 2.75) is 0 Å². The summed E-state index contributed by atoms with van der Waals surface area (Å²) in [4.78, 5) is 11.9. The lowest BCUT2D eigenvalue weighted by atomic mass is 10.2. The monoisotopic (exact) mass is 444 g/mol. The lowest BCUT2D eigenvalue weighted by Gasteiger charge is -2.06. The number of nitrogens with zero attached hydrogens (tertiary/aromatic N) is 1. The first-order valence-corrected chi connectivity index (χ1v) is 8.09. The number of amides is 1. The summed E-state index contributed by atoms with van der Waals surface area (Å²) < 4.78 is 6.80. The van der Waals surface area contributed by atoms with Gasteiger partial charge >= 0.3 is 0 Å². The molecule has 0 aliphatic rings. The minimum absolute atomic E-state index is 0.306. The Morgan fingerprint density at radius 2 is 1.82 bits per heavy atom. The molecule has 0 spiro atoms. The molecule has 0 aromatic heterocycles. The van der Waals surface area contributed by atoms with E-state index in [1.54, 1.807) is 37.6 Å². The molecule has 22 heavy (non-hydrogen) atoms. The largest absolute Gasteiger partial charge is 0.494 e. The molecule has 0 fully saturated rings.